The average molecular weight is 236 g/mol. The van der Waals surface area contributed by atoms with Crippen molar-refractivity contribution in [1.82, 2.24) is 5.32 Å². The molecule has 0 aliphatic rings. The quantitative estimate of drug-likeness (QED) is 0.713. The Morgan fingerprint density at radius 2 is 1.94 bits per heavy atom. The number of nitrogens with two attached hydrogens (primary N) is 1. The van der Waals surface area contributed by atoms with Crippen molar-refractivity contribution in [3.05, 3.63) is 29.8 Å². The maximum absolute atomic E-state index is 11.6. The van der Waals surface area contributed by atoms with E-state index < -0.39 is 0 Å². The van der Waals surface area contributed by atoms with E-state index in [9.17, 15) is 9.59 Å². The molecule has 1 aromatic rings. The molecule has 0 unspecified atom stereocenters. The second-order valence-corrected chi connectivity index (χ2v) is 3.55. The van der Waals surface area contributed by atoms with Gasteiger partial charge in [-0.1, -0.05) is 0 Å². The van der Waals surface area contributed by atoms with Gasteiger partial charge in [0, 0.05) is 18.5 Å². The lowest BCUT2D eigenvalue weighted by Crippen LogP contribution is -2.25. The van der Waals surface area contributed by atoms with Crippen LogP contribution in [0.4, 0.5) is 0 Å². The summed E-state index contributed by atoms with van der Waals surface area (Å²) < 4.78 is 4.99. The van der Waals surface area contributed by atoms with Crippen LogP contribution in [0.2, 0.25) is 0 Å². The molecule has 5 nitrogen and oxygen atoms in total. The SMILES string of the molecule is COc1ccc(C(=O)NCCCC(N)=O)cc1. The second kappa shape index (κ2) is 6.52. The van der Waals surface area contributed by atoms with Crippen LogP contribution in [0.3, 0.4) is 0 Å². The zero-order valence-electron chi connectivity index (χ0n) is 9.73. The number of hydrogen-bond donors (Lipinski definition) is 2. The van der Waals surface area contributed by atoms with E-state index in [-0.39, 0.29) is 18.2 Å². The maximum atomic E-state index is 11.6. The third kappa shape index (κ3) is 4.55. The Bertz CT molecular complexity index is 387. The molecule has 5 heteroatoms. The Labute approximate surface area is 99.9 Å². The molecule has 0 fully saturated rings. The maximum Gasteiger partial charge on any atom is 0.251 e. The molecular formula is C12H16N2O3. The van der Waals surface area contributed by atoms with E-state index in [1.807, 2.05) is 0 Å². The third-order valence-corrected chi connectivity index (χ3v) is 2.24. The van der Waals surface area contributed by atoms with Gasteiger partial charge in [0.25, 0.3) is 5.91 Å². The van der Waals surface area contributed by atoms with Crippen molar-refractivity contribution in [2.45, 2.75) is 12.8 Å². The number of nitrogens with one attached hydrogen (secondary N) is 1. The Hall–Kier alpha value is -2.04. The van der Waals surface area contributed by atoms with Crippen LogP contribution in [-0.4, -0.2) is 25.5 Å². The molecule has 2 amide bonds. The topological polar surface area (TPSA) is 81.4 Å². The highest BCUT2D eigenvalue weighted by Crippen LogP contribution is 2.10. The van der Waals surface area contributed by atoms with Crippen LogP contribution in [0.15, 0.2) is 24.3 Å². The molecule has 0 heterocycles. The van der Waals surface area contributed by atoms with Gasteiger partial charge in [0.05, 0.1) is 7.11 Å². The van der Waals surface area contributed by atoms with Crippen LogP contribution < -0.4 is 15.8 Å². The van der Waals surface area contributed by atoms with Crippen molar-refractivity contribution in [3.63, 3.8) is 0 Å². The lowest BCUT2D eigenvalue weighted by Gasteiger charge is -2.05. The van der Waals surface area contributed by atoms with Crippen molar-refractivity contribution in [2.75, 3.05) is 13.7 Å². The summed E-state index contributed by atoms with van der Waals surface area (Å²) in [7, 11) is 1.57. The number of ether oxygens (including phenoxy) is 1. The molecule has 0 atom stereocenters. The van der Waals surface area contributed by atoms with Gasteiger partial charge in [-0.15, -0.1) is 0 Å². The summed E-state index contributed by atoms with van der Waals surface area (Å²) in [6.45, 7) is 0.438. The molecule has 0 aromatic heterocycles. The van der Waals surface area contributed by atoms with Crippen molar-refractivity contribution in [2.24, 2.45) is 5.73 Å². The van der Waals surface area contributed by atoms with E-state index in [2.05, 4.69) is 5.32 Å². The van der Waals surface area contributed by atoms with Crippen molar-refractivity contribution >= 4 is 11.8 Å². The lowest BCUT2D eigenvalue weighted by molar-refractivity contribution is -0.118. The second-order valence-electron chi connectivity index (χ2n) is 3.55. The summed E-state index contributed by atoms with van der Waals surface area (Å²) in [4.78, 5) is 22.1. The van der Waals surface area contributed by atoms with Crippen LogP contribution in [0.1, 0.15) is 23.2 Å². The molecule has 0 saturated heterocycles. The van der Waals surface area contributed by atoms with E-state index >= 15 is 0 Å². The number of carbonyl (C=O) groups excluding carboxylic acids is 2. The van der Waals surface area contributed by atoms with Crippen molar-refractivity contribution < 1.29 is 14.3 Å². The highest BCUT2D eigenvalue weighted by Gasteiger charge is 2.04. The summed E-state index contributed by atoms with van der Waals surface area (Å²) in [6.07, 6.45) is 0.833. The number of methoxy groups -OCH3 is 1. The largest absolute Gasteiger partial charge is 0.497 e. The van der Waals surface area contributed by atoms with Gasteiger partial charge in [-0.05, 0) is 30.7 Å². The number of carbonyl (C=O) groups is 2. The highest BCUT2D eigenvalue weighted by atomic mass is 16.5. The summed E-state index contributed by atoms with van der Waals surface area (Å²) >= 11 is 0. The number of hydrogen-bond acceptors (Lipinski definition) is 3. The molecule has 1 aromatic carbocycles. The predicted molar refractivity (Wildman–Crippen MR) is 63.8 cm³/mol. The first-order valence-corrected chi connectivity index (χ1v) is 5.34. The molecular weight excluding hydrogens is 220 g/mol. The van der Waals surface area contributed by atoms with Crippen LogP contribution >= 0.6 is 0 Å². The van der Waals surface area contributed by atoms with E-state index in [0.29, 0.717) is 24.3 Å². The molecule has 3 N–H and O–H groups in total. The fourth-order valence-electron chi connectivity index (χ4n) is 1.31. The Balaban J connectivity index is 2.38. The van der Waals surface area contributed by atoms with Crippen LogP contribution in [-0.2, 0) is 4.79 Å². The van der Waals surface area contributed by atoms with Gasteiger partial charge >= 0.3 is 0 Å². The monoisotopic (exact) mass is 236 g/mol. The summed E-state index contributed by atoms with van der Waals surface area (Å²) in [5, 5.41) is 2.70. The van der Waals surface area contributed by atoms with E-state index in [1.54, 1.807) is 31.4 Å². The van der Waals surface area contributed by atoms with Gasteiger partial charge in [-0.25, -0.2) is 0 Å². The number of benzene rings is 1. The van der Waals surface area contributed by atoms with Gasteiger partial charge < -0.3 is 15.8 Å². The van der Waals surface area contributed by atoms with Gasteiger partial charge in [0.1, 0.15) is 5.75 Å². The molecule has 0 saturated carbocycles. The average Bonchev–Trinajstić information content (AvgIpc) is 2.34. The van der Waals surface area contributed by atoms with Gasteiger partial charge in [-0.3, -0.25) is 9.59 Å². The minimum atomic E-state index is -0.358. The zero-order chi connectivity index (χ0) is 12.7. The standard InChI is InChI=1S/C12H16N2O3/c1-17-10-6-4-9(5-7-10)12(16)14-8-2-3-11(13)15/h4-7H,2-3,8H2,1H3,(H2,13,15)(H,14,16). The van der Waals surface area contributed by atoms with Crippen molar-refractivity contribution in [1.29, 1.82) is 0 Å². The summed E-state index contributed by atoms with van der Waals surface area (Å²) in [5.41, 5.74) is 5.55. The Morgan fingerprint density at radius 1 is 1.29 bits per heavy atom. The highest BCUT2D eigenvalue weighted by molar-refractivity contribution is 5.94. The number of primary amides is 1. The smallest absolute Gasteiger partial charge is 0.251 e. The number of rotatable bonds is 6. The first-order valence-electron chi connectivity index (χ1n) is 5.34. The predicted octanol–water partition coefficient (Wildman–Crippen LogP) is 0.690. The fourth-order valence-corrected chi connectivity index (χ4v) is 1.31. The van der Waals surface area contributed by atoms with E-state index in [1.165, 1.54) is 0 Å². The van der Waals surface area contributed by atoms with Crippen LogP contribution in [0, 0.1) is 0 Å². The molecule has 17 heavy (non-hydrogen) atoms. The molecule has 0 bridgehead atoms. The van der Waals surface area contributed by atoms with E-state index in [0.717, 1.165) is 0 Å². The fraction of sp³-hybridized carbons (Fsp3) is 0.333. The van der Waals surface area contributed by atoms with E-state index in [4.69, 9.17) is 10.5 Å². The van der Waals surface area contributed by atoms with Crippen LogP contribution in [0.25, 0.3) is 0 Å². The van der Waals surface area contributed by atoms with Crippen LogP contribution in [0.5, 0.6) is 5.75 Å². The third-order valence-electron chi connectivity index (χ3n) is 2.24. The summed E-state index contributed by atoms with van der Waals surface area (Å²) in [5.74, 6) is 0.177. The van der Waals surface area contributed by atoms with Gasteiger partial charge in [-0.2, -0.15) is 0 Å². The molecule has 92 valence electrons. The normalized spacial score (nSPS) is 9.71. The lowest BCUT2D eigenvalue weighted by atomic mass is 10.2. The Morgan fingerprint density at radius 3 is 2.47 bits per heavy atom. The first-order chi connectivity index (χ1) is 8.13. The van der Waals surface area contributed by atoms with Gasteiger partial charge in [0.2, 0.25) is 5.91 Å². The number of amides is 2. The minimum absolute atomic E-state index is 0.169. The van der Waals surface area contributed by atoms with Gasteiger partial charge in [0.15, 0.2) is 0 Å². The summed E-state index contributed by atoms with van der Waals surface area (Å²) in [6, 6.07) is 6.81. The Kier molecular flexibility index (Phi) is 5.00. The first kappa shape index (κ1) is 13.0. The minimum Gasteiger partial charge on any atom is -0.497 e. The molecule has 0 radical (unpaired) electrons. The molecule has 0 aliphatic carbocycles. The molecule has 0 spiro atoms. The zero-order valence-corrected chi connectivity index (χ0v) is 9.73. The molecule has 0 aliphatic heterocycles. The molecule has 1 rings (SSSR count). The van der Waals surface area contributed by atoms with Crippen molar-refractivity contribution in [3.8, 4) is 5.75 Å².